The van der Waals surface area contributed by atoms with Crippen LogP contribution in [0.1, 0.15) is 74.0 Å². The number of ether oxygens (including phenoxy) is 3. The molecule has 2 N–H and O–H groups in total. The van der Waals surface area contributed by atoms with Crippen LogP contribution >= 0.6 is 11.8 Å². The Kier molecular flexibility index (Phi) is 10.5. The number of anilines is 2. The molecule has 0 saturated carbocycles. The minimum atomic E-state index is -1.88. The standard InChI is InChI=1S/C46H47FN6O6S/c1-6-46(56)33-19-38-42-29(21-53(38)44(54)32(33)23-59-45(46)55)15-28-16-30(8-10-35(28)49-42)60-24-41-48-37-20-40(58-22-26-11-13-52(4)14-12-26)39(57-5)18-31(37)43(51-41)50-36-9-7-27(25(2)3)17-34(36)47/h7-10,15-20,25-26,56H,6,11-14,21-24H2,1-5H3,(H,48,50,51)/t46-/m0/s1. The van der Waals surface area contributed by atoms with Gasteiger partial charge in [-0.2, -0.15) is 0 Å². The molecule has 0 radical (unpaired) electrons. The maximum atomic E-state index is 15.5. The monoisotopic (exact) mass is 830 g/mol. The van der Waals surface area contributed by atoms with Crippen molar-refractivity contribution in [3.8, 4) is 22.9 Å². The summed E-state index contributed by atoms with van der Waals surface area (Å²) in [6.45, 7) is 8.54. The zero-order valence-corrected chi connectivity index (χ0v) is 35.1. The van der Waals surface area contributed by atoms with Crippen molar-refractivity contribution in [2.75, 3.05) is 39.2 Å². The lowest BCUT2D eigenvalue weighted by molar-refractivity contribution is -0.172. The van der Waals surface area contributed by atoms with Gasteiger partial charge in [0.2, 0.25) is 0 Å². The summed E-state index contributed by atoms with van der Waals surface area (Å²) in [5.41, 5.74) is 3.07. The molecule has 3 aliphatic heterocycles. The van der Waals surface area contributed by atoms with E-state index in [1.165, 1.54) is 0 Å². The molecule has 12 nitrogen and oxygen atoms in total. The van der Waals surface area contributed by atoms with Gasteiger partial charge in [0.15, 0.2) is 17.1 Å². The molecule has 1 saturated heterocycles. The third-order valence-corrected chi connectivity index (χ3v) is 13.1. The molecular weight excluding hydrogens is 784 g/mol. The molecule has 0 unspecified atom stereocenters. The lowest BCUT2D eigenvalue weighted by Crippen LogP contribution is -2.44. The van der Waals surface area contributed by atoms with Gasteiger partial charge >= 0.3 is 5.97 Å². The van der Waals surface area contributed by atoms with Crippen LogP contribution in [0, 0.1) is 11.7 Å². The average Bonchev–Trinajstić information content (AvgIpc) is 3.61. The highest BCUT2D eigenvalue weighted by molar-refractivity contribution is 7.98. The Morgan fingerprint density at radius 2 is 1.83 bits per heavy atom. The van der Waals surface area contributed by atoms with E-state index in [4.69, 9.17) is 29.2 Å². The van der Waals surface area contributed by atoms with Gasteiger partial charge in [-0.15, -0.1) is 11.8 Å². The van der Waals surface area contributed by atoms with Crippen LogP contribution in [0.4, 0.5) is 15.9 Å². The number of nitrogens with zero attached hydrogens (tertiary/aromatic N) is 5. The summed E-state index contributed by atoms with van der Waals surface area (Å²) >= 11 is 1.56. The molecule has 3 aromatic heterocycles. The van der Waals surface area contributed by atoms with Crippen LogP contribution in [0.25, 0.3) is 33.2 Å². The van der Waals surface area contributed by atoms with Crippen LogP contribution in [0.5, 0.6) is 11.5 Å². The minimum Gasteiger partial charge on any atom is -0.493 e. The van der Waals surface area contributed by atoms with E-state index in [9.17, 15) is 14.7 Å². The Balaban J connectivity index is 1.02. The Morgan fingerprint density at radius 1 is 1.02 bits per heavy atom. The number of benzene rings is 3. The van der Waals surface area contributed by atoms with Gasteiger partial charge in [0.1, 0.15) is 24.1 Å². The summed E-state index contributed by atoms with van der Waals surface area (Å²) in [6.07, 6.45) is 2.21. The summed E-state index contributed by atoms with van der Waals surface area (Å²) < 4.78 is 34.6. The first-order valence-electron chi connectivity index (χ1n) is 20.4. The fourth-order valence-electron chi connectivity index (χ4n) is 8.37. The Labute approximate surface area is 351 Å². The van der Waals surface area contributed by atoms with Crippen LogP contribution in [-0.2, 0) is 34.0 Å². The summed E-state index contributed by atoms with van der Waals surface area (Å²) in [4.78, 5) is 44.4. The molecule has 14 heteroatoms. The SMILES string of the molecule is CC[C@@]1(O)C(=O)OCc2c1cc1n(c2=O)Cc2cc3cc(SCc4nc(Nc5ccc(C(C)C)cc5F)c5cc(OC)c(OCC6CCN(C)CC6)cc5n4)ccc3nc2-1. The van der Waals surface area contributed by atoms with Crippen molar-refractivity contribution in [3.63, 3.8) is 0 Å². The molecule has 0 aliphatic carbocycles. The number of fused-ring (bicyclic) bond motifs is 6. The molecule has 1 fully saturated rings. The molecule has 310 valence electrons. The van der Waals surface area contributed by atoms with Crippen molar-refractivity contribution in [2.45, 2.75) is 75.4 Å². The van der Waals surface area contributed by atoms with E-state index in [-0.39, 0.29) is 41.4 Å². The molecule has 6 heterocycles. The maximum absolute atomic E-state index is 15.5. The summed E-state index contributed by atoms with van der Waals surface area (Å²) in [7, 11) is 3.75. The summed E-state index contributed by atoms with van der Waals surface area (Å²) in [6, 6.07) is 18.7. The van der Waals surface area contributed by atoms with Gasteiger partial charge in [-0.3, -0.25) is 4.79 Å². The van der Waals surface area contributed by atoms with E-state index in [1.807, 2.05) is 50.2 Å². The number of rotatable bonds is 11. The second kappa shape index (κ2) is 15.8. The number of hydrogen-bond donors (Lipinski definition) is 2. The van der Waals surface area contributed by atoms with Crippen LogP contribution in [0.2, 0.25) is 0 Å². The number of carbonyl (C=O) groups is 1. The van der Waals surface area contributed by atoms with E-state index in [0.717, 1.165) is 52.9 Å². The molecule has 9 rings (SSSR count). The predicted molar refractivity (Wildman–Crippen MR) is 230 cm³/mol. The highest BCUT2D eigenvalue weighted by Crippen LogP contribution is 2.40. The van der Waals surface area contributed by atoms with Crippen molar-refractivity contribution in [1.82, 2.24) is 24.4 Å². The lowest BCUT2D eigenvalue weighted by Gasteiger charge is -2.31. The van der Waals surface area contributed by atoms with Crippen LogP contribution in [0.15, 0.2) is 70.4 Å². The predicted octanol–water partition coefficient (Wildman–Crippen LogP) is 8.05. The highest BCUT2D eigenvalue weighted by atomic mass is 32.2. The third-order valence-electron chi connectivity index (χ3n) is 12.1. The number of esters is 1. The number of halogens is 1. The number of pyridine rings is 2. The van der Waals surface area contributed by atoms with Crippen molar-refractivity contribution in [3.05, 3.63) is 105 Å². The number of hydrogen-bond acceptors (Lipinski definition) is 12. The smallest absolute Gasteiger partial charge is 0.343 e. The summed E-state index contributed by atoms with van der Waals surface area (Å²) in [5, 5.41) is 16.1. The molecule has 0 bridgehead atoms. The Bertz CT molecular complexity index is 2750. The molecule has 1 atom stereocenters. The second-order valence-electron chi connectivity index (χ2n) is 16.3. The van der Waals surface area contributed by atoms with Crippen molar-refractivity contribution < 1.29 is 28.5 Å². The average molecular weight is 831 g/mol. The number of aliphatic hydroxyl groups is 1. The van der Waals surface area contributed by atoms with E-state index >= 15 is 4.39 Å². The minimum absolute atomic E-state index is 0.0793. The molecule has 0 amide bonds. The van der Waals surface area contributed by atoms with Crippen molar-refractivity contribution >= 4 is 51.0 Å². The Morgan fingerprint density at radius 3 is 2.58 bits per heavy atom. The van der Waals surface area contributed by atoms with Gasteiger partial charge < -0.3 is 34.1 Å². The third kappa shape index (κ3) is 7.24. The number of aromatic nitrogens is 4. The number of carbonyl (C=O) groups excluding carboxylic acids is 1. The number of likely N-dealkylation sites (tertiary alicyclic amines) is 1. The zero-order valence-electron chi connectivity index (χ0n) is 34.3. The quantitative estimate of drug-likeness (QED) is 0.0963. The van der Waals surface area contributed by atoms with Gasteiger partial charge in [0.05, 0.1) is 59.7 Å². The fourth-order valence-corrected chi connectivity index (χ4v) is 9.17. The number of methoxy groups -OCH3 is 1. The van der Waals surface area contributed by atoms with Crippen LogP contribution in [0.3, 0.4) is 0 Å². The molecule has 3 aliphatic rings. The number of cyclic esters (lactones) is 1. The van der Waals surface area contributed by atoms with Gasteiger partial charge in [0.25, 0.3) is 5.56 Å². The molecule has 60 heavy (non-hydrogen) atoms. The maximum Gasteiger partial charge on any atom is 0.343 e. The van der Waals surface area contributed by atoms with Gasteiger partial charge in [-0.05, 0) is 105 Å². The van der Waals surface area contributed by atoms with E-state index in [2.05, 4.69) is 23.3 Å². The summed E-state index contributed by atoms with van der Waals surface area (Å²) in [5.74, 6) is 2.06. The molecule has 3 aromatic carbocycles. The topological polar surface area (TPSA) is 141 Å². The van der Waals surface area contributed by atoms with Gasteiger partial charge in [0, 0.05) is 32.9 Å². The van der Waals surface area contributed by atoms with Crippen LogP contribution in [-0.4, -0.2) is 69.3 Å². The second-order valence-corrected chi connectivity index (χ2v) is 17.4. The first-order chi connectivity index (χ1) is 28.9. The molecular formula is C46H47FN6O6S. The normalized spacial score (nSPS) is 17.8. The lowest BCUT2D eigenvalue weighted by atomic mass is 9.86. The molecule has 6 aromatic rings. The van der Waals surface area contributed by atoms with Crippen LogP contribution < -0.4 is 20.3 Å². The highest BCUT2D eigenvalue weighted by Gasteiger charge is 2.45. The first-order valence-corrected chi connectivity index (χ1v) is 21.4. The molecule has 0 spiro atoms. The van der Waals surface area contributed by atoms with E-state index in [0.29, 0.717) is 75.9 Å². The van der Waals surface area contributed by atoms with E-state index < -0.39 is 11.6 Å². The largest absolute Gasteiger partial charge is 0.493 e. The first kappa shape index (κ1) is 39.9. The van der Waals surface area contributed by atoms with Gasteiger partial charge in [-0.25, -0.2) is 24.1 Å². The van der Waals surface area contributed by atoms with Crippen molar-refractivity contribution in [2.24, 2.45) is 5.92 Å². The number of piperidine rings is 1. The number of nitrogens with one attached hydrogen (secondary N) is 1. The zero-order chi connectivity index (χ0) is 41.9. The Hall–Kier alpha value is -5.57. The van der Waals surface area contributed by atoms with Gasteiger partial charge in [-0.1, -0.05) is 26.8 Å². The fraction of sp³-hybridized carbons (Fsp3) is 0.370. The van der Waals surface area contributed by atoms with Crippen molar-refractivity contribution in [1.29, 1.82) is 0 Å². The van der Waals surface area contributed by atoms with E-state index in [1.54, 1.807) is 48.6 Å². The number of thioether (sulfide) groups is 1.